The highest BCUT2D eigenvalue weighted by atomic mass is 14.7. The largest absolute Gasteiger partial charge is 0.260 e. The molecule has 1 nitrogen and oxygen atoms in total. The second kappa shape index (κ2) is 9.81. The van der Waals surface area contributed by atoms with Crippen LogP contribution in [-0.4, -0.2) is 4.98 Å². The van der Waals surface area contributed by atoms with Gasteiger partial charge in [-0.05, 0) is 24.3 Å². The molecule has 0 aliphatic heterocycles. The maximum Gasteiger partial charge on any atom is 0.0540 e. The van der Waals surface area contributed by atoms with E-state index < -0.39 is 0 Å². The Balaban J connectivity index is 2.22. The van der Waals surface area contributed by atoms with Crippen molar-refractivity contribution in [2.75, 3.05) is 0 Å². The molecule has 132 valence electrons. The molecule has 2 rings (SSSR count). The predicted molar refractivity (Wildman–Crippen MR) is 107 cm³/mol. The van der Waals surface area contributed by atoms with Crippen LogP contribution < -0.4 is 0 Å². The lowest BCUT2D eigenvalue weighted by Gasteiger charge is -2.30. The van der Waals surface area contributed by atoms with E-state index in [1.54, 1.807) is 0 Å². The number of benzene rings is 1. The summed E-state index contributed by atoms with van der Waals surface area (Å²) in [5, 5.41) is 2.68. The van der Waals surface area contributed by atoms with E-state index in [9.17, 15) is 0 Å². The zero-order valence-electron chi connectivity index (χ0n) is 16.0. The lowest BCUT2D eigenvalue weighted by atomic mass is 9.75. The fourth-order valence-corrected chi connectivity index (χ4v) is 3.85. The number of nitrogens with zero attached hydrogens (tertiary/aromatic N) is 1. The van der Waals surface area contributed by atoms with Gasteiger partial charge < -0.3 is 0 Å². The molecule has 0 N–H and O–H groups in total. The van der Waals surface area contributed by atoms with Crippen LogP contribution in [-0.2, 0) is 5.41 Å². The summed E-state index contributed by atoms with van der Waals surface area (Å²) in [5.41, 5.74) is 1.54. The van der Waals surface area contributed by atoms with Crippen LogP contribution in [0.5, 0.6) is 0 Å². The van der Waals surface area contributed by atoms with Crippen LogP contribution in [0.2, 0.25) is 0 Å². The minimum absolute atomic E-state index is 0.211. The standard InChI is InChI=1S/C23H35N/c1-4-6-8-12-17-23(3,18-13-9-7-5-2)22-21-15-11-10-14-20(21)16-19-24-22/h10-11,14-16,19H,4-9,12-13,17-18H2,1-3H3. The molecule has 0 atom stereocenters. The number of fused-ring (bicyclic) bond motifs is 1. The van der Waals surface area contributed by atoms with Crippen LogP contribution >= 0.6 is 0 Å². The Labute approximate surface area is 148 Å². The molecule has 0 amide bonds. The Morgan fingerprint density at radius 1 is 0.792 bits per heavy atom. The highest BCUT2D eigenvalue weighted by Crippen LogP contribution is 2.37. The van der Waals surface area contributed by atoms with Gasteiger partial charge in [-0.25, -0.2) is 0 Å². The molecule has 0 radical (unpaired) electrons. The van der Waals surface area contributed by atoms with Gasteiger partial charge in [0.25, 0.3) is 0 Å². The van der Waals surface area contributed by atoms with Crippen molar-refractivity contribution in [3.05, 3.63) is 42.2 Å². The third kappa shape index (κ3) is 5.06. The Morgan fingerprint density at radius 3 is 2.04 bits per heavy atom. The zero-order chi connectivity index (χ0) is 17.3. The molecule has 1 heterocycles. The van der Waals surface area contributed by atoms with E-state index in [-0.39, 0.29) is 5.41 Å². The summed E-state index contributed by atoms with van der Waals surface area (Å²) in [6, 6.07) is 10.9. The first-order valence-electron chi connectivity index (χ1n) is 10.1. The van der Waals surface area contributed by atoms with Crippen molar-refractivity contribution in [1.82, 2.24) is 4.98 Å². The highest BCUT2D eigenvalue weighted by molar-refractivity contribution is 5.85. The summed E-state index contributed by atoms with van der Waals surface area (Å²) in [5.74, 6) is 0. The van der Waals surface area contributed by atoms with Crippen molar-refractivity contribution >= 4 is 10.8 Å². The zero-order valence-corrected chi connectivity index (χ0v) is 16.0. The summed E-state index contributed by atoms with van der Waals surface area (Å²) >= 11 is 0. The highest BCUT2D eigenvalue weighted by Gasteiger charge is 2.28. The Kier molecular flexibility index (Phi) is 7.75. The van der Waals surface area contributed by atoms with E-state index in [1.165, 1.54) is 80.7 Å². The topological polar surface area (TPSA) is 12.9 Å². The number of unbranched alkanes of at least 4 members (excludes halogenated alkanes) is 6. The fourth-order valence-electron chi connectivity index (χ4n) is 3.85. The minimum atomic E-state index is 0.211. The maximum absolute atomic E-state index is 4.88. The second-order valence-electron chi connectivity index (χ2n) is 7.56. The molecule has 24 heavy (non-hydrogen) atoms. The Morgan fingerprint density at radius 2 is 1.42 bits per heavy atom. The van der Waals surface area contributed by atoms with Crippen LogP contribution in [0.4, 0.5) is 0 Å². The van der Waals surface area contributed by atoms with E-state index in [1.807, 2.05) is 6.20 Å². The molecule has 1 aromatic heterocycles. The molecule has 0 aliphatic rings. The molecule has 0 saturated heterocycles. The lowest BCUT2D eigenvalue weighted by Crippen LogP contribution is -2.24. The summed E-state index contributed by atoms with van der Waals surface area (Å²) in [6.07, 6.45) is 15.2. The molecular formula is C23H35N. The van der Waals surface area contributed by atoms with Gasteiger partial charge in [-0.1, -0.05) is 96.4 Å². The average molecular weight is 326 g/mol. The molecule has 0 saturated carbocycles. The molecule has 0 bridgehead atoms. The summed E-state index contributed by atoms with van der Waals surface area (Å²) < 4.78 is 0. The van der Waals surface area contributed by atoms with Gasteiger partial charge in [-0.15, -0.1) is 0 Å². The molecule has 2 aromatic rings. The van der Waals surface area contributed by atoms with Crippen LogP contribution in [0.25, 0.3) is 10.8 Å². The smallest absolute Gasteiger partial charge is 0.0540 e. The van der Waals surface area contributed by atoms with Crippen molar-refractivity contribution in [3.63, 3.8) is 0 Å². The van der Waals surface area contributed by atoms with Gasteiger partial charge in [-0.2, -0.15) is 0 Å². The molecule has 0 spiro atoms. The lowest BCUT2D eigenvalue weighted by molar-refractivity contribution is 0.358. The normalized spacial score (nSPS) is 12.0. The van der Waals surface area contributed by atoms with Crippen molar-refractivity contribution in [2.24, 2.45) is 0 Å². The van der Waals surface area contributed by atoms with E-state index in [0.29, 0.717) is 0 Å². The number of hydrogen-bond donors (Lipinski definition) is 0. The van der Waals surface area contributed by atoms with Gasteiger partial charge in [0.2, 0.25) is 0 Å². The van der Waals surface area contributed by atoms with Gasteiger partial charge in [0.1, 0.15) is 0 Å². The molecule has 1 heteroatoms. The van der Waals surface area contributed by atoms with Crippen molar-refractivity contribution in [2.45, 2.75) is 90.4 Å². The van der Waals surface area contributed by atoms with Gasteiger partial charge in [0.05, 0.1) is 5.69 Å². The van der Waals surface area contributed by atoms with Gasteiger partial charge in [-0.3, -0.25) is 4.98 Å². The van der Waals surface area contributed by atoms with E-state index in [4.69, 9.17) is 4.98 Å². The quantitative estimate of drug-likeness (QED) is 0.391. The third-order valence-corrected chi connectivity index (χ3v) is 5.41. The number of aromatic nitrogens is 1. The number of pyridine rings is 1. The average Bonchev–Trinajstić information content (AvgIpc) is 2.62. The number of rotatable bonds is 11. The third-order valence-electron chi connectivity index (χ3n) is 5.41. The van der Waals surface area contributed by atoms with E-state index in [2.05, 4.69) is 51.1 Å². The fraction of sp³-hybridized carbons (Fsp3) is 0.609. The molecule has 0 fully saturated rings. The molecule has 0 aliphatic carbocycles. The monoisotopic (exact) mass is 325 g/mol. The molecule has 1 aromatic carbocycles. The van der Waals surface area contributed by atoms with Gasteiger partial charge >= 0.3 is 0 Å². The Hall–Kier alpha value is -1.37. The van der Waals surface area contributed by atoms with Crippen molar-refractivity contribution in [1.29, 1.82) is 0 Å². The first-order chi connectivity index (χ1) is 11.7. The first kappa shape index (κ1) is 19.0. The number of hydrogen-bond acceptors (Lipinski definition) is 1. The summed E-state index contributed by atoms with van der Waals surface area (Å²) in [6.45, 7) is 7.03. The summed E-state index contributed by atoms with van der Waals surface area (Å²) in [4.78, 5) is 4.88. The summed E-state index contributed by atoms with van der Waals surface area (Å²) in [7, 11) is 0. The van der Waals surface area contributed by atoms with Gasteiger partial charge in [0.15, 0.2) is 0 Å². The Bertz CT molecular complexity index is 585. The van der Waals surface area contributed by atoms with Gasteiger partial charge in [0, 0.05) is 17.0 Å². The van der Waals surface area contributed by atoms with Crippen LogP contribution in [0.15, 0.2) is 36.5 Å². The second-order valence-corrected chi connectivity index (χ2v) is 7.56. The van der Waals surface area contributed by atoms with Crippen molar-refractivity contribution < 1.29 is 0 Å². The first-order valence-corrected chi connectivity index (χ1v) is 10.1. The van der Waals surface area contributed by atoms with Crippen LogP contribution in [0.3, 0.4) is 0 Å². The van der Waals surface area contributed by atoms with E-state index >= 15 is 0 Å². The molecular weight excluding hydrogens is 290 g/mol. The maximum atomic E-state index is 4.88. The van der Waals surface area contributed by atoms with Crippen molar-refractivity contribution in [3.8, 4) is 0 Å². The van der Waals surface area contributed by atoms with Crippen LogP contribution in [0.1, 0.15) is 90.7 Å². The minimum Gasteiger partial charge on any atom is -0.260 e. The van der Waals surface area contributed by atoms with Crippen LogP contribution in [0, 0.1) is 0 Å². The molecule has 0 unspecified atom stereocenters. The SMILES string of the molecule is CCCCCCC(C)(CCCCCC)c1nccc2ccccc12. The predicted octanol–water partition coefficient (Wildman–Crippen LogP) is 7.43. The van der Waals surface area contributed by atoms with E-state index in [0.717, 1.165) is 0 Å².